The van der Waals surface area contributed by atoms with Gasteiger partial charge < -0.3 is 5.11 Å². The number of ketones is 1. The molecule has 0 unspecified atom stereocenters. The molecule has 0 saturated carbocycles. The fourth-order valence-corrected chi connectivity index (χ4v) is 3.44. The zero-order chi connectivity index (χ0) is 24.1. The lowest BCUT2D eigenvalue weighted by atomic mass is 10.00. The first-order chi connectivity index (χ1) is 15.3. The van der Waals surface area contributed by atoms with E-state index < -0.39 is 35.7 Å². The molecule has 33 heavy (non-hydrogen) atoms. The van der Waals surface area contributed by atoms with Crippen LogP contribution in [0, 0.1) is 11.6 Å². The number of pyridine rings is 2. The van der Waals surface area contributed by atoms with E-state index in [2.05, 4.69) is 15.1 Å². The second-order valence-corrected chi connectivity index (χ2v) is 8.29. The smallest absolute Gasteiger partial charge is 0.390 e. The molecule has 0 amide bonds. The second-order valence-electron chi connectivity index (χ2n) is 8.29. The molecule has 4 rings (SSSR count). The van der Waals surface area contributed by atoms with Gasteiger partial charge in [0.15, 0.2) is 17.2 Å². The molecule has 4 heterocycles. The molecule has 0 aliphatic heterocycles. The van der Waals surface area contributed by atoms with E-state index in [1.54, 1.807) is 0 Å². The molecule has 0 spiro atoms. The van der Waals surface area contributed by atoms with Gasteiger partial charge in [-0.05, 0) is 26.3 Å². The van der Waals surface area contributed by atoms with Crippen LogP contribution in [0.25, 0.3) is 27.9 Å². The first kappa shape index (κ1) is 22.8. The number of aromatic nitrogens is 5. The van der Waals surface area contributed by atoms with Gasteiger partial charge in [0.05, 0.1) is 23.0 Å². The number of fused-ring (bicyclic) bond motifs is 2. The van der Waals surface area contributed by atoms with Crippen LogP contribution in [0.5, 0.6) is 0 Å². The highest BCUT2D eigenvalue weighted by Gasteiger charge is 2.31. The van der Waals surface area contributed by atoms with Crippen molar-refractivity contribution >= 4 is 22.3 Å². The molecule has 0 saturated heterocycles. The molecule has 4 aromatic rings. The molecule has 1 N–H and O–H groups in total. The zero-order valence-electron chi connectivity index (χ0n) is 17.5. The number of carbonyl (C=O) groups excluding carboxylic acids is 1. The van der Waals surface area contributed by atoms with Crippen LogP contribution in [0.15, 0.2) is 30.7 Å². The van der Waals surface area contributed by atoms with Crippen LogP contribution in [0.1, 0.15) is 37.2 Å². The van der Waals surface area contributed by atoms with Crippen molar-refractivity contribution in [2.45, 2.75) is 45.0 Å². The largest absolute Gasteiger partial charge is 0.408 e. The van der Waals surface area contributed by atoms with Crippen molar-refractivity contribution in [1.29, 1.82) is 0 Å². The quantitative estimate of drug-likeness (QED) is 0.337. The highest BCUT2D eigenvalue weighted by Crippen LogP contribution is 2.31. The molecule has 174 valence electrons. The van der Waals surface area contributed by atoms with E-state index in [9.17, 15) is 31.9 Å². The van der Waals surface area contributed by atoms with Crippen molar-refractivity contribution in [2.24, 2.45) is 0 Å². The minimum atomic E-state index is -4.62. The van der Waals surface area contributed by atoms with Gasteiger partial charge in [-0.2, -0.15) is 18.3 Å². The van der Waals surface area contributed by atoms with Crippen LogP contribution >= 0.6 is 0 Å². The Hall–Kier alpha value is -3.41. The summed E-state index contributed by atoms with van der Waals surface area (Å²) in [6.07, 6.45) is -1.25. The second kappa shape index (κ2) is 7.87. The van der Waals surface area contributed by atoms with Gasteiger partial charge in [0.25, 0.3) is 0 Å². The van der Waals surface area contributed by atoms with Crippen molar-refractivity contribution in [3.05, 3.63) is 48.1 Å². The number of aliphatic hydroxyl groups is 1. The average Bonchev–Trinajstić information content (AvgIpc) is 3.25. The third-order valence-corrected chi connectivity index (χ3v) is 4.98. The maximum atomic E-state index is 14.1. The van der Waals surface area contributed by atoms with Crippen LogP contribution in [0.3, 0.4) is 0 Å². The van der Waals surface area contributed by atoms with Crippen LogP contribution in [0.4, 0.5) is 22.0 Å². The fraction of sp³-hybridized carbons (Fsp3) is 0.333. The Morgan fingerprint density at radius 3 is 2.52 bits per heavy atom. The third kappa shape index (κ3) is 4.70. The molecular formula is C21H18F5N5O2. The summed E-state index contributed by atoms with van der Waals surface area (Å²) >= 11 is 0. The molecule has 0 aliphatic rings. The normalized spacial score (nSPS) is 12.7. The summed E-state index contributed by atoms with van der Waals surface area (Å²) in [5, 5.41) is 14.0. The number of carbonyl (C=O) groups is 1. The topological polar surface area (TPSA) is 85.3 Å². The number of hydrogen-bond acceptors (Lipinski definition) is 5. The van der Waals surface area contributed by atoms with Crippen LogP contribution in [-0.4, -0.2) is 46.8 Å². The van der Waals surface area contributed by atoms with Crippen LogP contribution in [0.2, 0.25) is 0 Å². The Labute approximate surface area is 183 Å². The maximum Gasteiger partial charge on any atom is 0.408 e. The lowest BCUT2D eigenvalue weighted by Gasteiger charge is -2.15. The van der Waals surface area contributed by atoms with Gasteiger partial charge in [0.1, 0.15) is 23.7 Å². The molecule has 0 aliphatic carbocycles. The number of imidazole rings is 1. The standard InChI is InChI=1S/C21H18F5N5O2/c1-20(2,33)4-3-17(32)14-6-15-12(7-27-14)18(29-31(15)10-21(24,25)26)16-8-28-19-13(23)5-11(22)9-30(16)19/h5-9,33H,3-4,10H2,1-2H3. The minimum Gasteiger partial charge on any atom is -0.390 e. The van der Waals surface area contributed by atoms with E-state index in [1.165, 1.54) is 32.3 Å². The molecule has 7 nitrogen and oxygen atoms in total. The molecule has 12 heteroatoms. The first-order valence-corrected chi connectivity index (χ1v) is 9.84. The summed E-state index contributed by atoms with van der Waals surface area (Å²) in [4.78, 5) is 20.4. The van der Waals surface area contributed by atoms with Crippen molar-refractivity contribution in [2.75, 3.05) is 0 Å². The Bertz CT molecular complexity index is 1370. The van der Waals surface area contributed by atoms with Crippen molar-refractivity contribution in [3.8, 4) is 11.4 Å². The van der Waals surface area contributed by atoms with E-state index in [0.717, 1.165) is 10.6 Å². The monoisotopic (exact) mass is 467 g/mol. The SMILES string of the molecule is CC(C)(O)CCC(=O)c1cc2c(cn1)c(-c1cnc3c(F)cc(F)cn13)nn2CC(F)(F)F. The van der Waals surface area contributed by atoms with E-state index in [4.69, 9.17) is 0 Å². The zero-order valence-corrected chi connectivity index (χ0v) is 17.5. The molecule has 4 aromatic heterocycles. The Kier molecular flexibility index (Phi) is 5.43. The molecule has 0 bridgehead atoms. The van der Waals surface area contributed by atoms with Crippen molar-refractivity contribution < 1.29 is 31.9 Å². The van der Waals surface area contributed by atoms with Gasteiger partial charge in [-0.25, -0.2) is 13.8 Å². The van der Waals surface area contributed by atoms with Gasteiger partial charge in [-0.15, -0.1) is 0 Å². The molecular weight excluding hydrogens is 449 g/mol. The van der Waals surface area contributed by atoms with Gasteiger partial charge in [-0.1, -0.05) is 0 Å². The third-order valence-electron chi connectivity index (χ3n) is 4.98. The number of alkyl halides is 3. The molecule has 0 atom stereocenters. The summed E-state index contributed by atoms with van der Waals surface area (Å²) in [6.45, 7) is 1.61. The minimum absolute atomic E-state index is 0.0317. The predicted molar refractivity (Wildman–Crippen MR) is 108 cm³/mol. The van der Waals surface area contributed by atoms with Gasteiger partial charge >= 0.3 is 6.18 Å². The maximum absolute atomic E-state index is 14.1. The van der Waals surface area contributed by atoms with Crippen LogP contribution in [-0.2, 0) is 6.54 Å². The average molecular weight is 467 g/mol. The highest BCUT2D eigenvalue weighted by atomic mass is 19.4. The highest BCUT2D eigenvalue weighted by molar-refractivity contribution is 5.99. The van der Waals surface area contributed by atoms with E-state index in [-0.39, 0.29) is 46.5 Å². The fourth-order valence-electron chi connectivity index (χ4n) is 3.44. The van der Waals surface area contributed by atoms with E-state index in [0.29, 0.717) is 10.7 Å². The van der Waals surface area contributed by atoms with Crippen molar-refractivity contribution in [3.63, 3.8) is 0 Å². The summed E-state index contributed by atoms with van der Waals surface area (Å²) in [5.74, 6) is -2.31. The summed E-state index contributed by atoms with van der Waals surface area (Å²) < 4.78 is 69.1. The van der Waals surface area contributed by atoms with Crippen molar-refractivity contribution in [1.82, 2.24) is 24.1 Å². The van der Waals surface area contributed by atoms with Gasteiger partial charge in [0.2, 0.25) is 0 Å². The number of Topliss-reactive ketones (excluding diaryl/α,β-unsaturated/α-hetero) is 1. The number of halogens is 5. The lowest BCUT2D eigenvalue weighted by molar-refractivity contribution is -0.141. The van der Waals surface area contributed by atoms with E-state index >= 15 is 0 Å². The van der Waals surface area contributed by atoms with E-state index in [1.807, 2.05) is 0 Å². The summed E-state index contributed by atoms with van der Waals surface area (Å²) in [5.41, 5.74) is -1.42. The van der Waals surface area contributed by atoms with Gasteiger partial charge in [0, 0.05) is 30.3 Å². The molecule has 0 fully saturated rings. The summed E-state index contributed by atoms with van der Waals surface area (Å²) in [7, 11) is 0. The first-order valence-electron chi connectivity index (χ1n) is 9.84. The Morgan fingerprint density at radius 1 is 1.12 bits per heavy atom. The van der Waals surface area contributed by atoms with Crippen LogP contribution < -0.4 is 0 Å². The molecule has 0 aromatic carbocycles. The van der Waals surface area contributed by atoms with Gasteiger partial charge in [-0.3, -0.25) is 18.9 Å². The number of hydrogen-bond donors (Lipinski definition) is 1. The lowest BCUT2D eigenvalue weighted by Crippen LogP contribution is -2.20. The number of rotatable bonds is 6. The number of nitrogens with zero attached hydrogens (tertiary/aromatic N) is 5. The Morgan fingerprint density at radius 2 is 1.85 bits per heavy atom. The molecule has 0 radical (unpaired) electrons. The Balaban J connectivity index is 1.86. The predicted octanol–water partition coefficient (Wildman–Crippen LogP) is 4.32. The summed E-state index contributed by atoms with van der Waals surface area (Å²) in [6, 6.07) is 1.83.